The number of alkyl halides is 3. The molecule has 0 bridgehead atoms. The Balaban J connectivity index is 1.83. The van der Waals surface area contributed by atoms with Crippen LogP contribution in [0.4, 0.5) is 18.9 Å². The summed E-state index contributed by atoms with van der Waals surface area (Å²) in [5.41, 5.74) is -1.08. The highest BCUT2D eigenvalue weighted by Gasteiger charge is 2.31. The summed E-state index contributed by atoms with van der Waals surface area (Å²) in [6, 6.07) is 9.19. The molecule has 0 saturated carbocycles. The molecule has 1 N–H and O–H groups in total. The van der Waals surface area contributed by atoms with E-state index in [2.05, 4.69) is 10.4 Å². The zero-order valence-corrected chi connectivity index (χ0v) is 15.3. The topological polar surface area (TPSA) is 73.2 Å². The van der Waals surface area contributed by atoms with E-state index in [9.17, 15) is 22.8 Å². The molecule has 1 aromatic carbocycles. The first-order chi connectivity index (χ1) is 13.3. The predicted octanol–water partition coefficient (Wildman–Crippen LogP) is 3.64. The average Bonchev–Trinajstić information content (AvgIpc) is 3.17. The number of benzene rings is 1. The first-order valence-electron chi connectivity index (χ1n) is 7.95. The smallest absolute Gasteiger partial charge is 0.416 e. The number of aromatic nitrogens is 2. The molecule has 2 aromatic heterocycles. The first kappa shape index (κ1) is 19.6. The summed E-state index contributed by atoms with van der Waals surface area (Å²) in [7, 11) is 1.27. The summed E-state index contributed by atoms with van der Waals surface area (Å²) in [5.74, 6) is -0.649. The lowest BCUT2D eigenvalue weighted by molar-refractivity contribution is -0.137. The fourth-order valence-corrected chi connectivity index (χ4v) is 3.12. The van der Waals surface area contributed by atoms with Crippen molar-refractivity contribution >= 4 is 22.9 Å². The molecule has 2 heterocycles. The maximum atomic E-state index is 12.9. The van der Waals surface area contributed by atoms with Crippen molar-refractivity contribution in [3.8, 4) is 16.3 Å². The Labute approximate surface area is 161 Å². The zero-order chi connectivity index (χ0) is 20.3. The van der Waals surface area contributed by atoms with E-state index in [1.807, 2.05) is 17.5 Å². The minimum Gasteiger partial charge on any atom is -0.495 e. The summed E-state index contributed by atoms with van der Waals surface area (Å²) in [6.45, 7) is -0.461. The average molecular weight is 409 g/mol. The van der Waals surface area contributed by atoms with Crippen molar-refractivity contribution in [2.24, 2.45) is 0 Å². The van der Waals surface area contributed by atoms with Gasteiger partial charge in [0.05, 0.1) is 23.2 Å². The molecule has 146 valence electrons. The Hall–Kier alpha value is -3.14. The molecule has 10 heteroatoms. The number of ether oxygens (including phenoxy) is 1. The molecule has 3 rings (SSSR count). The molecule has 0 radical (unpaired) electrons. The second kappa shape index (κ2) is 7.85. The van der Waals surface area contributed by atoms with E-state index in [0.29, 0.717) is 5.69 Å². The molecule has 0 atom stereocenters. The molecule has 0 aliphatic heterocycles. The van der Waals surface area contributed by atoms with Gasteiger partial charge in [0.25, 0.3) is 5.56 Å². The van der Waals surface area contributed by atoms with Gasteiger partial charge in [0.1, 0.15) is 18.0 Å². The molecular weight excluding hydrogens is 395 g/mol. The van der Waals surface area contributed by atoms with Crippen LogP contribution in [-0.4, -0.2) is 22.8 Å². The molecule has 28 heavy (non-hydrogen) atoms. The van der Waals surface area contributed by atoms with Crippen LogP contribution >= 0.6 is 11.3 Å². The molecule has 0 spiro atoms. The molecule has 1 amide bonds. The number of thiophene rings is 1. The zero-order valence-electron chi connectivity index (χ0n) is 14.5. The number of hydrogen-bond acceptors (Lipinski definition) is 5. The standard InChI is InChI=1S/C18H14F3N3O3S/c1-27-14-6-4-11(18(19,20)21)9-13(14)22-16(25)10-24-17(26)7-5-12(23-24)15-3-2-8-28-15/h2-9H,10H2,1H3,(H,22,25). The highest BCUT2D eigenvalue weighted by Crippen LogP contribution is 2.34. The minimum atomic E-state index is -4.57. The Morgan fingerprint density at radius 1 is 1.25 bits per heavy atom. The summed E-state index contributed by atoms with van der Waals surface area (Å²) < 4.78 is 44.7. The van der Waals surface area contributed by atoms with Crippen LogP contribution in [0.2, 0.25) is 0 Å². The predicted molar refractivity (Wildman–Crippen MR) is 98.4 cm³/mol. The van der Waals surface area contributed by atoms with Crippen LogP contribution in [-0.2, 0) is 17.5 Å². The number of methoxy groups -OCH3 is 1. The van der Waals surface area contributed by atoms with E-state index in [-0.39, 0.29) is 11.4 Å². The summed E-state index contributed by atoms with van der Waals surface area (Å²) in [5, 5.41) is 8.33. The number of nitrogens with zero attached hydrogens (tertiary/aromatic N) is 2. The van der Waals surface area contributed by atoms with Gasteiger partial charge >= 0.3 is 6.18 Å². The van der Waals surface area contributed by atoms with Crippen molar-refractivity contribution in [3.63, 3.8) is 0 Å². The first-order valence-corrected chi connectivity index (χ1v) is 8.83. The van der Waals surface area contributed by atoms with E-state index in [0.717, 1.165) is 27.8 Å². The van der Waals surface area contributed by atoms with Gasteiger partial charge in [-0.2, -0.15) is 18.3 Å². The van der Waals surface area contributed by atoms with Crippen molar-refractivity contribution in [1.82, 2.24) is 9.78 Å². The van der Waals surface area contributed by atoms with Gasteiger partial charge in [-0.15, -0.1) is 11.3 Å². The van der Waals surface area contributed by atoms with Crippen LogP contribution in [0.1, 0.15) is 5.56 Å². The molecule has 0 unspecified atom stereocenters. The van der Waals surface area contributed by atoms with Gasteiger partial charge in [-0.05, 0) is 35.7 Å². The second-order valence-corrected chi connectivity index (χ2v) is 6.60. The quantitative estimate of drug-likeness (QED) is 0.698. The van der Waals surface area contributed by atoms with Crippen LogP contribution in [0, 0.1) is 0 Å². The van der Waals surface area contributed by atoms with Crippen LogP contribution in [0.25, 0.3) is 10.6 Å². The van der Waals surface area contributed by atoms with Crippen molar-refractivity contribution in [2.45, 2.75) is 12.7 Å². The SMILES string of the molecule is COc1ccc(C(F)(F)F)cc1NC(=O)Cn1nc(-c2cccs2)ccc1=O. The number of carbonyl (C=O) groups excluding carboxylic acids is 1. The highest BCUT2D eigenvalue weighted by molar-refractivity contribution is 7.13. The van der Waals surface area contributed by atoms with Gasteiger partial charge in [-0.3, -0.25) is 9.59 Å². The van der Waals surface area contributed by atoms with Gasteiger partial charge in [0.15, 0.2) is 0 Å². The minimum absolute atomic E-state index is 0.0639. The lowest BCUT2D eigenvalue weighted by atomic mass is 10.1. The van der Waals surface area contributed by atoms with Gasteiger partial charge in [-0.1, -0.05) is 6.07 Å². The number of nitrogens with one attached hydrogen (secondary N) is 1. The largest absolute Gasteiger partial charge is 0.495 e. The molecule has 0 saturated heterocycles. The van der Waals surface area contributed by atoms with Crippen LogP contribution in [0.3, 0.4) is 0 Å². The number of rotatable bonds is 5. The number of anilines is 1. The van der Waals surface area contributed by atoms with Crippen molar-refractivity contribution in [3.05, 3.63) is 63.8 Å². The van der Waals surface area contributed by atoms with E-state index >= 15 is 0 Å². The molecule has 3 aromatic rings. The monoisotopic (exact) mass is 409 g/mol. The third-order valence-electron chi connectivity index (χ3n) is 3.73. The molecule has 0 fully saturated rings. The highest BCUT2D eigenvalue weighted by atomic mass is 32.1. The van der Waals surface area contributed by atoms with E-state index in [4.69, 9.17) is 4.74 Å². The fourth-order valence-electron chi connectivity index (χ4n) is 2.43. The Morgan fingerprint density at radius 3 is 2.68 bits per heavy atom. The third-order valence-corrected chi connectivity index (χ3v) is 4.63. The van der Waals surface area contributed by atoms with E-state index in [1.165, 1.54) is 24.5 Å². The lowest BCUT2D eigenvalue weighted by Gasteiger charge is -2.14. The molecule has 0 aliphatic carbocycles. The molecular formula is C18H14F3N3O3S. The van der Waals surface area contributed by atoms with Gasteiger partial charge in [-0.25, -0.2) is 4.68 Å². The van der Waals surface area contributed by atoms with E-state index in [1.54, 1.807) is 6.07 Å². The van der Waals surface area contributed by atoms with Crippen molar-refractivity contribution in [1.29, 1.82) is 0 Å². The second-order valence-electron chi connectivity index (χ2n) is 5.65. The van der Waals surface area contributed by atoms with Gasteiger partial charge in [0.2, 0.25) is 5.91 Å². The maximum absolute atomic E-state index is 12.9. The van der Waals surface area contributed by atoms with E-state index < -0.39 is 29.8 Å². The third kappa shape index (κ3) is 4.39. The maximum Gasteiger partial charge on any atom is 0.416 e. The van der Waals surface area contributed by atoms with Crippen molar-refractivity contribution in [2.75, 3.05) is 12.4 Å². The van der Waals surface area contributed by atoms with Crippen LogP contribution < -0.4 is 15.6 Å². The fraction of sp³-hybridized carbons (Fsp3) is 0.167. The van der Waals surface area contributed by atoms with Gasteiger partial charge < -0.3 is 10.1 Å². The summed E-state index contributed by atoms with van der Waals surface area (Å²) in [6.07, 6.45) is -4.57. The van der Waals surface area contributed by atoms with Crippen molar-refractivity contribution < 1.29 is 22.7 Å². The lowest BCUT2D eigenvalue weighted by Crippen LogP contribution is -2.29. The summed E-state index contributed by atoms with van der Waals surface area (Å²) in [4.78, 5) is 25.1. The number of halogens is 3. The van der Waals surface area contributed by atoms with Gasteiger partial charge in [0, 0.05) is 6.07 Å². The van der Waals surface area contributed by atoms with Crippen LogP contribution in [0.15, 0.2) is 52.6 Å². The summed E-state index contributed by atoms with van der Waals surface area (Å²) >= 11 is 1.42. The Morgan fingerprint density at radius 2 is 2.04 bits per heavy atom. The normalized spacial score (nSPS) is 11.3. The number of hydrogen-bond donors (Lipinski definition) is 1. The molecule has 0 aliphatic rings. The van der Waals surface area contributed by atoms with Crippen LogP contribution in [0.5, 0.6) is 5.75 Å². The Kier molecular flexibility index (Phi) is 5.50. The number of amides is 1. The number of carbonyl (C=O) groups is 1. The molecule has 6 nitrogen and oxygen atoms in total. The Bertz CT molecular complexity index is 1050.